The van der Waals surface area contributed by atoms with Gasteiger partial charge in [0.2, 0.25) is 0 Å². The molecule has 1 unspecified atom stereocenters. The van der Waals surface area contributed by atoms with Crippen LogP contribution in [0.2, 0.25) is 0 Å². The van der Waals surface area contributed by atoms with E-state index in [0.29, 0.717) is 0 Å². The molecule has 30 heavy (non-hydrogen) atoms. The lowest BCUT2D eigenvalue weighted by molar-refractivity contribution is -0.0366. The predicted molar refractivity (Wildman–Crippen MR) is 118 cm³/mol. The number of fused-ring (bicyclic) bond motifs is 1. The number of rotatable bonds is 4. The zero-order valence-electron chi connectivity index (χ0n) is 18.1. The summed E-state index contributed by atoms with van der Waals surface area (Å²) in [5, 5.41) is 5.58. The Morgan fingerprint density at radius 2 is 2.07 bits per heavy atom. The number of carbonyl (C=O) groups is 1. The molecular weight excluding hydrogens is 450 g/mol. The molecule has 1 saturated carbocycles. The molecule has 1 atom stereocenters. The molecule has 0 N–H and O–H groups in total. The molecule has 8 heteroatoms. The lowest BCUT2D eigenvalue weighted by Crippen LogP contribution is -2.51. The number of carbonyl (C=O) groups excluding carboxylic acids is 1. The van der Waals surface area contributed by atoms with Crippen molar-refractivity contribution in [3.63, 3.8) is 0 Å². The molecule has 2 heterocycles. The summed E-state index contributed by atoms with van der Waals surface area (Å²) in [6, 6.07) is 4.18. The normalized spacial score (nSPS) is 24.4. The number of amides is 1. The minimum atomic E-state index is -0.491. The Labute approximate surface area is 185 Å². The first-order valence-corrected chi connectivity index (χ1v) is 11.4. The molecule has 2 aromatic rings. The van der Waals surface area contributed by atoms with Crippen molar-refractivity contribution in [1.82, 2.24) is 14.7 Å². The number of nitrogens with zero attached hydrogens (tertiary/aromatic N) is 3. The van der Waals surface area contributed by atoms with Crippen molar-refractivity contribution in [1.29, 1.82) is 0 Å². The van der Waals surface area contributed by atoms with Crippen LogP contribution in [0, 0.1) is 0 Å². The van der Waals surface area contributed by atoms with E-state index in [-0.39, 0.29) is 24.5 Å². The minimum Gasteiger partial charge on any atom is -0.489 e. The van der Waals surface area contributed by atoms with E-state index in [0.717, 1.165) is 59.8 Å². The second-order valence-electron chi connectivity index (χ2n) is 9.20. The van der Waals surface area contributed by atoms with Gasteiger partial charge in [-0.1, -0.05) is 15.9 Å². The first kappa shape index (κ1) is 21.4. The maximum atomic E-state index is 12.3. The lowest BCUT2D eigenvalue weighted by Gasteiger charge is -2.41. The van der Waals surface area contributed by atoms with Crippen molar-refractivity contribution in [3.05, 3.63) is 22.8 Å². The van der Waals surface area contributed by atoms with E-state index in [1.807, 2.05) is 37.7 Å². The van der Waals surface area contributed by atoms with Crippen molar-refractivity contribution in [2.24, 2.45) is 0 Å². The number of aromatic nitrogens is 2. The van der Waals surface area contributed by atoms with Gasteiger partial charge in [0.05, 0.1) is 17.1 Å². The third-order valence-electron chi connectivity index (χ3n) is 5.66. The Morgan fingerprint density at radius 3 is 2.73 bits per heavy atom. The standard InChI is InChI=1S/C22H30BrN3O4/c1-22(2,3)30-21(27)25(4)15-11-16(12-15)29-19-10-14(23)9-18-17(19)13-24-26(18)20-7-5-6-8-28-20/h9-10,13,15-16,20H,5-8,11-12H2,1-4H3/t15-,16-,20?. The molecule has 1 aromatic carbocycles. The summed E-state index contributed by atoms with van der Waals surface area (Å²) in [6.45, 7) is 6.41. The number of hydrogen-bond donors (Lipinski definition) is 0. The number of halogens is 1. The van der Waals surface area contributed by atoms with E-state index in [4.69, 9.17) is 14.2 Å². The van der Waals surface area contributed by atoms with E-state index in [1.54, 1.807) is 11.9 Å². The second kappa shape index (κ2) is 8.38. The third-order valence-corrected chi connectivity index (χ3v) is 6.12. The van der Waals surface area contributed by atoms with Crippen LogP contribution in [0.3, 0.4) is 0 Å². The fourth-order valence-corrected chi connectivity index (χ4v) is 4.36. The summed E-state index contributed by atoms with van der Waals surface area (Å²) in [6.07, 6.45) is 6.41. The van der Waals surface area contributed by atoms with Crippen LogP contribution in [0.15, 0.2) is 22.8 Å². The van der Waals surface area contributed by atoms with Gasteiger partial charge >= 0.3 is 6.09 Å². The molecule has 2 fully saturated rings. The predicted octanol–water partition coefficient (Wildman–Crippen LogP) is 5.27. The van der Waals surface area contributed by atoms with Crippen LogP contribution in [0.25, 0.3) is 10.9 Å². The van der Waals surface area contributed by atoms with Crippen LogP contribution in [-0.4, -0.2) is 52.2 Å². The summed E-state index contributed by atoms with van der Waals surface area (Å²) in [5.74, 6) is 0.810. The highest BCUT2D eigenvalue weighted by Gasteiger charge is 2.37. The fraction of sp³-hybridized carbons (Fsp3) is 0.636. The molecule has 4 rings (SSSR count). The molecule has 2 aliphatic rings. The van der Waals surface area contributed by atoms with Gasteiger partial charge in [0, 0.05) is 37.0 Å². The molecule has 1 aliphatic heterocycles. The highest BCUT2D eigenvalue weighted by atomic mass is 79.9. The molecular formula is C22H30BrN3O4. The Balaban J connectivity index is 1.43. The van der Waals surface area contributed by atoms with Gasteiger partial charge in [0.1, 0.15) is 17.5 Å². The molecule has 1 amide bonds. The maximum Gasteiger partial charge on any atom is 0.410 e. The Bertz CT molecular complexity index is 911. The molecule has 1 saturated heterocycles. The molecule has 1 aromatic heterocycles. The van der Waals surface area contributed by atoms with Crippen molar-refractivity contribution in [2.45, 2.75) is 76.9 Å². The van der Waals surface area contributed by atoms with Crippen LogP contribution >= 0.6 is 15.9 Å². The van der Waals surface area contributed by atoms with Gasteiger partial charge < -0.3 is 19.1 Å². The summed E-state index contributed by atoms with van der Waals surface area (Å²) in [4.78, 5) is 13.9. The summed E-state index contributed by atoms with van der Waals surface area (Å²) < 4.78 is 20.6. The number of ether oxygens (including phenoxy) is 3. The largest absolute Gasteiger partial charge is 0.489 e. The van der Waals surface area contributed by atoms with E-state index < -0.39 is 5.60 Å². The minimum absolute atomic E-state index is 0.0195. The highest BCUT2D eigenvalue weighted by Crippen LogP contribution is 2.37. The summed E-state index contributed by atoms with van der Waals surface area (Å²) >= 11 is 3.61. The molecule has 7 nitrogen and oxygen atoms in total. The Hall–Kier alpha value is -1.80. The highest BCUT2D eigenvalue weighted by molar-refractivity contribution is 9.10. The van der Waals surface area contributed by atoms with Gasteiger partial charge in [0.25, 0.3) is 0 Å². The summed E-state index contributed by atoms with van der Waals surface area (Å²) in [7, 11) is 1.79. The van der Waals surface area contributed by atoms with E-state index in [9.17, 15) is 4.79 Å². The Morgan fingerprint density at radius 1 is 1.30 bits per heavy atom. The molecule has 164 valence electrons. The van der Waals surface area contributed by atoms with Crippen molar-refractivity contribution in [2.75, 3.05) is 13.7 Å². The fourth-order valence-electron chi connectivity index (χ4n) is 3.94. The molecule has 0 radical (unpaired) electrons. The summed E-state index contributed by atoms with van der Waals surface area (Å²) in [5.41, 5.74) is 0.516. The van der Waals surface area contributed by atoms with Crippen molar-refractivity contribution >= 4 is 32.9 Å². The molecule has 0 spiro atoms. The van der Waals surface area contributed by atoms with Crippen LogP contribution in [0.5, 0.6) is 5.75 Å². The van der Waals surface area contributed by atoms with E-state index in [1.165, 1.54) is 0 Å². The van der Waals surface area contributed by atoms with Crippen LogP contribution in [-0.2, 0) is 9.47 Å². The van der Waals surface area contributed by atoms with Crippen molar-refractivity contribution in [3.8, 4) is 5.75 Å². The van der Waals surface area contributed by atoms with E-state index in [2.05, 4.69) is 27.1 Å². The van der Waals surface area contributed by atoms with Crippen LogP contribution < -0.4 is 4.74 Å². The van der Waals surface area contributed by atoms with Gasteiger partial charge in [-0.25, -0.2) is 9.48 Å². The van der Waals surface area contributed by atoms with E-state index >= 15 is 0 Å². The van der Waals surface area contributed by atoms with Gasteiger partial charge in [-0.05, 0) is 52.2 Å². The van der Waals surface area contributed by atoms with Crippen molar-refractivity contribution < 1.29 is 19.0 Å². The zero-order valence-corrected chi connectivity index (χ0v) is 19.6. The lowest BCUT2D eigenvalue weighted by atomic mass is 9.88. The van der Waals surface area contributed by atoms with Gasteiger partial charge in [-0.3, -0.25) is 0 Å². The smallest absolute Gasteiger partial charge is 0.410 e. The maximum absolute atomic E-state index is 12.3. The third kappa shape index (κ3) is 4.59. The van der Waals surface area contributed by atoms with Gasteiger partial charge in [0.15, 0.2) is 6.23 Å². The SMILES string of the molecule is CN(C(=O)OC(C)(C)C)[C@H]1C[C@H](Oc2cc(Br)cc3c2cnn3C2CCCCO2)C1. The monoisotopic (exact) mass is 479 g/mol. The van der Waals surface area contributed by atoms with Gasteiger partial charge in [-0.2, -0.15) is 5.10 Å². The quantitative estimate of drug-likeness (QED) is 0.596. The topological polar surface area (TPSA) is 65.8 Å². The molecule has 1 aliphatic carbocycles. The Kier molecular flexibility index (Phi) is 5.99. The zero-order chi connectivity index (χ0) is 21.5. The first-order chi connectivity index (χ1) is 14.2. The van der Waals surface area contributed by atoms with Crippen LogP contribution in [0.4, 0.5) is 4.79 Å². The average Bonchev–Trinajstić information content (AvgIpc) is 3.06. The number of benzene rings is 1. The second-order valence-corrected chi connectivity index (χ2v) is 10.1. The van der Waals surface area contributed by atoms with Crippen LogP contribution in [0.1, 0.15) is 59.1 Å². The first-order valence-electron chi connectivity index (χ1n) is 10.6. The average molecular weight is 480 g/mol. The van der Waals surface area contributed by atoms with Gasteiger partial charge in [-0.15, -0.1) is 0 Å². The number of hydrogen-bond acceptors (Lipinski definition) is 5. The molecule has 0 bridgehead atoms.